The highest BCUT2D eigenvalue weighted by atomic mass is 35.5. The van der Waals surface area contributed by atoms with Crippen molar-refractivity contribution >= 4 is 50.7 Å². The van der Waals surface area contributed by atoms with Crippen molar-refractivity contribution in [2.75, 3.05) is 4.72 Å². The number of carboxylic acids is 1. The zero-order valence-corrected chi connectivity index (χ0v) is 15.1. The van der Waals surface area contributed by atoms with E-state index >= 15 is 0 Å². The van der Waals surface area contributed by atoms with E-state index in [0.29, 0.717) is 6.08 Å². The van der Waals surface area contributed by atoms with Gasteiger partial charge in [-0.05, 0) is 30.3 Å². The molecule has 0 unspecified atom stereocenters. The second-order valence-corrected chi connectivity index (χ2v) is 7.46. The van der Waals surface area contributed by atoms with Crippen LogP contribution >= 0.6 is 23.2 Å². The van der Waals surface area contributed by atoms with Gasteiger partial charge in [-0.25, -0.2) is 13.2 Å². The lowest BCUT2D eigenvalue weighted by atomic mass is 10.1. The molecule has 3 N–H and O–H groups in total. The molecule has 2 rings (SSSR count). The van der Waals surface area contributed by atoms with E-state index in [4.69, 9.17) is 33.4 Å². The first kappa shape index (κ1) is 19.8. The molecule has 7 nitrogen and oxygen atoms in total. The van der Waals surface area contributed by atoms with Crippen LogP contribution in [0.4, 0.5) is 5.69 Å². The number of sulfonamides is 1. The Balaban J connectivity index is 2.30. The van der Waals surface area contributed by atoms with Gasteiger partial charge in [-0.1, -0.05) is 35.3 Å². The summed E-state index contributed by atoms with van der Waals surface area (Å²) in [4.78, 5) is 22.3. The maximum absolute atomic E-state index is 12.4. The number of carbonyl (C=O) groups is 2. The quantitative estimate of drug-likeness (QED) is 0.377. The summed E-state index contributed by atoms with van der Waals surface area (Å²) >= 11 is 11.6. The Hall–Kier alpha value is -2.55. The number of aliphatic hydroxyl groups excluding tert-OH is 1. The van der Waals surface area contributed by atoms with E-state index in [2.05, 4.69) is 4.72 Å². The Kier molecular flexibility index (Phi) is 5.91. The fraction of sp³-hybridized carbons (Fsp3) is 0. The first-order chi connectivity index (χ1) is 12.1. The third-order valence-electron chi connectivity index (χ3n) is 3.09. The Bertz CT molecular complexity index is 1020. The number of anilines is 1. The van der Waals surface area contributed by atoms with E-state index in [9.17, 15) is 18.0 Å². The summed E-state index contributed by atoms with van der Waals surface area (Å²) in [5.74, 6) is -3.59. The van der Waals surface area contributed by atoms with Crippen molar-refractivity contribution < 1.29 is 28.2 Å². The fourth-order valence-electron chi connectivity index (χ4n) is 1.86. The smallest absolute Gasteiger partial charge is 0.371 e. The van der Waals surface area contributed by atoms with Gasteiger partial charge in [0.25, 0.3) is 10.0 Å². The summed E-state index contributed by atoms with van der Waals surface area (Å²) in [6, 6.07) is 9.10. The van der Waals surface area contributed by atoms with E-state index in [0.717, 1.165) is 0 Å². The van der Waals surface area contributed by atoms with Crippen LogP contribution in [0.5, 0.6) is 0 Å². The van der Waals surface area contributed by atoms with Crippen molar-refractivity contribution in [3.05, 3.63) is 69.9 Å². The topological polar surface area (TPSA) is 121 Å². The van der Waals surface area contributed by atoms with Crippen molar-refractivity contribution in [2.24, 2.45) is 0 Å². The van der Waals surface area contributed by atoms with Gasteiger partial charge in [0, 0.05) is 17.3 Å². The molecule has 0 bridgehead atoms. The molecular weight excluding hydrogens is 405 g/mol. The van der Waals surface area contributed by atoms with Crippen LogP contribution in [0.1, 0.15) is 10.4 Å². The highest BCUT2D eigenvalue weighted by molar-refractivity contribution is 7.92. The third kappa shape index (κ3) is 4.75. The number of halogens is 2. The standard InChI is InChI=1S/C16H11Cl2NO6S/c17-12-5-4-11(7-13(12)18)26(24,25)19-10-3-1-2-9(6-10)14(20)8-15(21)16(22)23/h1-8,19,21H,(H,22,23)/b15-8-. The maximum atomic E-state index is 12.4. The molecule has 0 amide bonds. The fourth-order valence-corrected chi connectivity index (χ4v) is 3.30. The molecule has 0 aliphatic heterocycles. The molecule has 0 aliphatic rings. The van der Waals surface area contributed by atoms with Gasteiger partial charge < -0.3 is 10.2 Å². The number of benzene rings is 2. The molecular formula is C16H11Cl2NO6S. The number of rotatable bonds is 6. The Labute approximate surface area is 158 Å². The van der Waals surface area contributed by atoms with E-state index in [1.165, 1.54) is 42.5 Å². The van der Waals surface area contributed by atoms with Gasteiger partial charge in [0.2, 0.25) is 5.76 Å². The highest BCUT2D eigenvalue weighted by Crippen LogP contribution is 2.26. The molecule has 136 valence electrons. The zero-order chi connectivity index (χ0) is 19.5. The lowest BCUT2D eigenvalue weighted by Crippen LogP contribution is -2.13. The minimum atomic E-state index is -3.99. The van der Waals surface area contributed by atoms with Crippen molar-refractivity contribution in [3.8, 4) is 0 Å². The van der Waals surface area contributed by atoms with Crippen LogP contribution in [0.25, 0.3) is 0 Å². The monoisotopic (exact) mass is 415 g/mol. The molecule has 0 heterocycles. The van der Waals surface area contributed by atoms with Crippen LogP contribution in [0.3, 0.4) is 0 Å². The summed E-state index contributed by atoms with van der Waals surface area (Å²) in [6.07, 6.45) is 0.523. The van der Waals surface area contributed by atoms with E-state index in [1.807, 2.05) is 0 Å². The molecule has 0 spiro atoms. The summed E-state index contributed by atoms with van der Waals surface area (Å²) in [7, 11) is -3.99. The van der Waals surface area contributed by atoms with E-state index in [-0.39, 0.29) is 26.2 Å². The van der Waals surface area contributed by atoms with Crippen LogP contribution in [0.15, 0.2) is 59.2 Å². The third-order valence-corrected chi connectivity index (χ3v) is 5.21. The molecule has 10 heteroatoms. The van der Waals surface area contributed by atoms with Crippen molar-refractivity contribution in [3.63, 3.8) is 0 Å². The first-order valence-corrected chi connectivity index (χ1v) is 9.10. The minimum Gasteiger partial charge on any atom is -0.502 e. The normalized spacial score (nSPS) is 11.8. The molecule has 2 aromatic rings. The molecule has 0 saturated heterocycles. The number of carboxylic acid groups (broad SMARTS) is 1. The van der Waals surface area contributed by atoms with Gasteiger partial charge >= 0.3 is 5.97 Å². The Morgan fingerprint density at radius 2 is 1.69 bits per heavy atom. The van der Waals surface area contributed by atoms with Gasteiger partial charge in [0.05, 0.1) is 14.9 Å². The average molecular weight is 416 g/mol. The zero-order valence-electron chi connectivity index (χ0n) is 12.8. The van der Waals surface area contributed by atoms with E-state index < -0.39 is 27.5 Å². The molecule has 2 aromatic carbocycles. The molecule has 0 atom stereocenters. The van der Waals surface area contributed by atoms with Crippen LogP contribution < -0.4 is 4.72 Å². The molecule has 26 heavy (non-hydrogen) atoms. The van der Waals surface area contributed by atoms with Crippen molar-refractivity contribution in [1.29, 1.82) is 0 Å². The molecule has 0 saturated carbocycles. The van der Waals surface area contributed by atoms with Crippen LogP contribution in [-0.4, -0.2) is 30.4 Å². The second kappa shape index (κ2) is 7.77. The second-order valence-electron chi connectivity index (χ2n) is 4.96. The van der Waals surface area contributed by atoms with Crippen LogP contribution in [0.2, 0.25) is 10.0 Å². The number of allylic oxidation sites excluding steroid dienone is 1. The lowest BCUT2D eigenvalue weighted by Gasteiger charge is -2.09. The van der Waals surface area contributed by atoms with Gasteiger partial charge in [0.15, 0.2) is 5.78 Å². The predicted molar refractivity (Wildman–Crippen MR) is 96.4 cm³/mol. The number of hydrogen-bond donors (Lipinski definition) is 3. The number of hydrogen-bond acceptors (Lipinski definition) is 5. The largest absolute Gasteiger partial charge is 0.502 e. The molecule has 0 aliphatic carbocycles. The van der Waals surface area contributed by atoms with Gasteiger partial charge in [0.1, 0.15) is 0 Å². The van der Waals surface area contributed by atoms with Crippen molar-refractivity contribution in [2.45, 2.75) is 4.90 Å². The average Bonchev–Trinajstić information content (AvgIpc) is 2.56. The lowest BCUT2D eigenvalue weighted by molar-refractivity contribution is -0.135. The Morgan fingerprint density at radius 3 is 2.31 bits per heavy atom. The summed E-state index contributed by atoms with van der Waals surface area (Å²) in [6.45, 7) is 0. The van der Waals surface area contributed by atoms with Crippen molar-refractivity contribution in [1.82, 2.24) is 0 Å². The first-order valence-electron chi connectivity index (χ1n) is 6.86. The summed E-state index contributed by atoms with van der Waals surface area (Å²) in [5, 5.41) is 17.9. The minimum absolute atomic E-state index is 0.0212. The SMILES string of the molecule is O=C(O)/C(O)=C/C(=O)c1cccc(NS(=O)(=O)c2ccc(Cl)c(Cl)c2)c1. The van der Waals surface area contributed by atoms with Gasteiger partial charge in [-0.3, -0.25) is 9.52 Å². The van der Waals surface area contributed by atoms with E-state index in [1.54, 1.807) is 0 Å². The number of ketones is 1. The molecule has 0 radical (unpaired) electrons. The van der Waals surface area contributed by atoms with Crippen LogP contribution in [-0.2, 0) is 14.8 Å². The summed E-state index contributed by atoms with van der Waals surface area (Å²) in [5.41, 5.74) is 0.0391. The number of carbonyl (C=O) groups excluding carboxylic acids is 1. The van der Waals surface area contributed by atoms with Gasteiger partial charge in [-0.2, -0.15) is 0 Å². The Morgan fingerprint density at radius 1 is 1.00 bits per heavy atom. The number of aliphatic carboxylic acids is 1. The summed E-state index contributed by atoms with van der Waals surface area (Å²) < 4.78 is 27.0. The predicted octanol–water partition coefficient (Wildman–Crippen LogP) is 3.50. The maximum Gasteiger partial charge on any atom is 0.371 e. The molecule has 0 fully saturated rings. The van der Waals surface area contributed by atoms with Crippen LogP contribution in [0, 0.1) is 0 Å². The molecule has 0 aromatic heterocycles. The number of nitrogens with one attached hydrogen (secondary N) is 1. The number of aliphatic hydroxyl groups is 1. The van der Waals surface area contributed by atoms with Gasteiger partial charge in [-0.15, -0.1) is 0 Å². The highest BCUT2D eigenvalue weighted by Gasteiger charge is 2.17.